The Morgan fingerprint density at radius 1 is 1.15 bits per heavy atom. The predicted molar refractivity (Wildman–Crippen MR) is 104 cm³/mol. The first-order valence-corrected chi connectivity index (χ1v) is 9.51. The standard InChI is InChI=1S/C20H21ClN3O3/c21-16-8-10-17(11-9-16)23-19-7-2-1-3-12-22(19)14-20(23,25)15-5-4-6-18(13-15)24(26)27/h4-6,8-11,13,25H,1-3,7,12,14H2/q+1/t20-/m1/s1. The van der Waals surface area contributed by atoms with Gasteiger partial charge >= 0.3 is 0 Å². The van der Waals surface area contributed by atoms with Crippen molar-refractivity contribution < 1.29 is 14.6 Å². The molecule has 2 aromatic rings. The van der Waals surface area contributed by atoms with E-state index in [1.54, 1.807) is 24.3 Å². The lowest BCUT2D eigenvalue weighted by atomic mass is 9.99. The summed E-state index contributed by atoms with van der Waals surface area (Å²) in [6, 6.07) is 13.6. The van der Waals surface area contributed by atoms with Crippen LogP contribution in [0.2, 0.25) is 5.02 Å². The van der Waals surface area contributed by atoms with Gasteiger partial charge in [-0.25, -0.2) is 0 Å². The first-order valence-electron chi connectivity index (χ1n) is 9.13. The van der Waals surface area contributed by atoms with Gasteiger partial charge in [0.25, 0.3) is 17.2 Å². The molecule has 0 bridgehead atoms. The number of nitrogens with zero attached hydrogens (tertiary/aromatic N) is 3. The Morgan fingerprint density at radius 2 is 1.93 bits per heavy atom. The van der Waals surface area contributed by atoms with E-state index in [2.05, 4.69) is 4.58 Å². The van der Waals surface area contributed by atoms with Crippen molar-refractivity contribution in [3.05, 3.63) is 69.2 Å². The van der Waals surface area contributed by atoms with Crippen molar-refractivity contribution in [3.63, 3.8) is 0 Å². The number of non-ortho nitro benzene ring substituents is 1. The Balaban J connectivity index is 1.84. The molecule has 1 atom stereocenters. The highest BCUT2D eigenvalue weighted by Gasteiger charge is 2.54. The van der Waals surface area contributed by atoms with Crippen LogP contribution in [-0.4, -0.2) is 33.5 Å². The van der Waals surface area contributed by atoms with E-state index in [0.29, 0.717) is 17.1 Å². The number of amidine groups is 1. The minimum atomic E-state index is -1.37. The van der Waals surface area contributed by atoms with Crippen LogP contribution in [0.15, 0.2) is 48.5 Å². The number of benzene rings is 2. The van der Waals surface area contributed by atoms with Crippen molar-refractivity contribution in [2.24, 2.45) is 0 Å². The highest BCUT2D eigenvalue weighted by molar-refractivity contribution is 6.30. The maximum atomic E-state index is 11.8. The molecule has 0 amide bonds. The number of nitro groups is 1. The van der Waals surface area contributed by atoms with E-state index in [0.717, 1.165) is 43.8 Å². The van der Waals surface area contributed by atoms with E-state index in [1.807, 2.05) is 17.0 Å². The van der Waals surface area contributed by atoms with Gasteiger partial charge in [0.1, 0.15) is 5.69 Å². The van der Waals surface area contributed by atoms with Crippen molar-refractivity contribution in [3.8, 4) is 0 Å². The fraction of sp³-hybridized carbons (Fsp3) is 0.350. The Morgan fingerprint density at radius 3 is 2.67 bits per heavy atom. The topological polar surface area (TPSA) is 69.6 Å². The summed E-state index contributed by atoms with van der Waals surface area (Å²) in [5.41, 5.74) is -0.0453. The zero-order chi connectivity index (χ0) is 19.0. The van der Waals surface area contributed by atoms with Gasteiger partial charge in [-0.15, -0.1) is 0 Å². The molecule has 27 heavy (non-hydrogen) atoms. The lowest BCUT2D eigenvalue weighted by Crippen LogP contribution is -2.47. The van der Waals surface area contributed by atoms with Gasteiger partial charge in [0.05, 0.1) is 11.5 Å². The molecule has 0 fully saturated rings. The summed E-state index contributed by atoms with van der Waals surface area (Å²) in [4.78, 5) is 12.7. The van der Waals surface area contributed by atoms with Crippen LogP contribution in [0.5, 0.6) is 0 Å². The summed E-state index contributed by atoms with van der Waals surface area (Å²) in [7, 11) is 0. The Hall–Kier alpha value is -2.44. The molecule has 2 aliphatic heterocycles. The van der Waals surface area contributed by atoms with Crippen molar-refractivity contribution in [2.75, 3.05) is 18.0 Å². The zero-order valence-corrected chi connectivity index (χ0v) is 15.6. The molecule has 140 valence electrons. The Kier molecular flexibility index (Phi) is 4.61. The highest BCUT2D eigenvalue weighted by Crippen LogP contribution is 2.39. The fourth-order valence-electron chi connectivity index (χ4n) is 4.07. The third-order valence-corrected chi connectivity index (χ3v) is 5.59. The van der Waals surface area contributed by atoms with Crippen LogP contribution in [0.3, 0.4) is 0 Å². The zero-order valence-electron chi connectivity index (χ0n) is 14.8. The van der Waals surface area contributed by atoms with Crippen molar-refractivity contribution >= 4 is 28.8 Å². The molecule has 6 nitrogen and oxygen atoms in total. The third kappa shape index (κ3) is 3.19. The van der Waals surface area contributed by atoms with Gasteiger partial charge in [-0.2, -0.15) is 4.90 Å². The Bertz CT molecular complexity index is 913. The van der Waals surface area contributed by atoms with Crippen LogP contribution in [0.25, 0.3) is 0 Å². The minimum absolute atomic E-state index is 0.0240. The van der Waals surface area contributed by atoms with Gasteiger partial charge in [-0.05, 0) is 43.5 Å². The second-order valence-corrected chi connectivity index (χ2v) is 7.52. The number of rotatable bonds is 3. The SMILES string of the molecule is O=[N+]([O-])c1cccc([C@]2(O)C[N+]3=C(CCCCC3)N2c2ccc(Cl)cc2)c1. The number of halogens is 1. The van der Waals surface area contributed by atoms with E-state index >= 15 is 0 Å². The molecule has 0 aromatic heterocycles. The van der Waals surface area contributed by atoms with E-state index < -0.39 is 10.6 Å². The highest BCUT2D eigenvalue weighted by atomic mass is 35.5. The summed E-state index contributed by atoms with van der Waals surface area (Å²) in [5, 5.41) is 23.6. The molecule has 2 aromatic carbocycles. The molecule has 0 spiro atoms. The number of hydrogen-bond acceptors (Lipinski definition) is 4. The summed E-state index contributed by atoms with van der Waals surface area (Å²) < 4.78 is 2.21. The van der Waals surface area contributed by atoms with E-state index in [4.69, 9.17) is 11.6 Å². The number of hydrogen-bond donors (Lipinski definition) is 1. The van der Waals surface area contributed by atoms with Crippen LogP contribution in [-0.2, 0) is 5.72 Å². The summed E-state index contributed by atoms with van der Waals surface area (Å²) >= 11 is 6.05. The quantitative estimate of drug-likeness (QED) is 0.493. The van der Waals surface area contributed by atoms with Crippen molar-refractivity contribution in [1.29, 1.82) is 0 Å². The van der Waals surface area contributed by atoms with Gasteiger partial charge in [-0.3, -0.25) is 14.7 Å². The Labute approximate surface area is 162 Å². The average Bonchev–Trinajstić information content (AvgIpc) is 2.79. The maximum absolute atomic E-state index is 11.8. The second-order valence-electron chi connectivity index (χ2n) is 7.08. The molecule has 0 aliphatic carbocycles. The second kappa shape index (κ2) is 6.94. The van der Waals surface area contributed by atoms with Gasteiger partial charge in [0.2, 0.25) is 0 Å². The van der Waals surface area contributed by atoms with Gasteiger partial charge in [0, 0.05) is 29.1 Å². The third-order valence-electron chi connectivity index (χ3n) is 5.34. The minimum Gasteiger partial charge on any atom is -0.346 e. The van der Waals surface area contributed by atoms with Crippen LogP contribution >= 0.6 is 11.6 Å². The molecule has 0 radical (unpaired) electrons. The van der Waals surface area contributed by atoms with Crippen molar-refractivity contribution in [1.82, 2.24) is 0 Å². The molecule has 0 saturated carbocycles. The molecule has 7 heteroatoms. The molecule has 0 saturated heterocycles. The molecule has 2 heterocycles. The maximum Gasteiger partial charge on any atom is 0.275 e. The average molecular weight is 387 g/mol. The van der Waals surface area contributed by atoms with Crippen LogP contribution in [0.4, 0.5) is 11.4 Å². The summed E-state index contributed by atoms with van der Waals surface area (Å²) in [5.74, 6) is 1.06. The molecule has 0 unspecified atom stereocenters. The molecule has 1 N–H and O–H groups in total. The number of nitro benzene ring substituents is 1. The summed E-state index contributed by atoms with van der Waals surface area (Å²) in [6.45, 7) is 1.25. The van der Waals surface area contributed by atoms with Crippen LogP contribution < -0.4 is 4.90 Å². The van der Waals surface area contributed by atoms with E-state index in [9.17, 15) is 15.2 Å². The largest absolute Gasteiger partial charge is 0.346 e. The first-order chi connectivity index (χ1) is 13.0. The van der Waals surface area contributed by atoms with Gasteiger partial charge in [-0.1, -0.05) is 23.7 Å². The van der Waals surface area contributed by atoms with E-state index in [1.165, 1.54) is 12.1 Å². The first kappa shape index (κ1) is 17.9. The molecule has 2 aliphatic rings. The normalized spacial score (nSPS) is 22.5. The van der Waals surface area contributed by atoms with Crippen molar-refractivity contribution in [2.45, 2.75) is 31.4 Å². The molecular formula is C20H21ClN3O3+. The molecular weight excluding hydrogens is 366 g/mol. The van der Waals surface area contributed by atoms with Gasteiger partial charge in [0.15, 0.2) is 6.54 Å². The number of aliphatic hydroxyl groups is 1. The lowest BCUT2D eigenvalue weighted by Gasteiger charge is -2.29. The smallest absolute Gasteiger partial charge is 0.275 e. The fourth-order valence-corrected chi connectivity index (χ4v) is 4.19. The van der Waals surface area contributed by atoms with Crippen LogP contribution in [0.1, 0.15) is 31.2 Å². The number of anilines is 1. The van der Waals surface area contributed by atoms with Crippen LogP contribution in [0, 0.1) is 10.1 Å². The monoisotopic (exact) mass is 386 g/mol. The predicted octanol–water partition coefficient (Wildman–Crippen LogP) is 3.90. The summed E-state index contributed by atoms with van der Waals surface area (Å²) in [6.07, 6.45) is 4.15. The lowest BCUT2D eigenvalue weighted by molar-refractivity contribution is -0.534. The molecule has 4 rings (SSSR count). The van der Waals surface area contributed by atoms with E-state index in [-0.39, 0.29) is 5.69 Å². The van der Waals surface area contributed by atoms with Gasteiger partial charge < -0.3 is 5.11 Å².